The molecule has 38 atom stereocenters. The summed E-state index contributed by atoms with van der Waals surface area (Å²) in [5.41, 5.74) is -3.02. The molecule has 7 heterocycles. The third-order valence-electron chi connectivity index (χ3n) is 25.8. The zero-order valence-corrected chi connectivity index (χ0v) is 53.9. The molecule has 17 N–H and O–H groups in total. The summed E-state index contributed by atoms with van der Waals surface area (Å²) < 4.78 is 80.5. The third-order valence-corrected chi connectivity index (χ3v) is 25.8. The zero-order valence-electron chi connectivity index (χ0n) is 53.9. The molecule has 94 heavy (non-hydrogen) atoms. The summed E-state index contributed by atoms with van der Waals surface area (Å²) in [7, 11) is 0. The molecule has 12 rings (SSSR count). The van der Waals surface area contributed by atoms with Crippen LogP contribution in [0.3, 0.4) is 0 Å². The molecule has 7 saturated heterocycles. The molecule has 1 spiro atoms. The van der Waals surface area contributed by atoms with Gasteiger partial charge in [0.1, 0.15) is 134 Å². The smallest absolute Gasteiger partial charge is 0.187 e. The van der Waals surface area contributed by atoms with Gasteiger partial charge in [-0.1, -0.05) is 41.5 Å². The molecule has 31 nitrogen and oxygen atoms in total. The van der Waals surface area contributed by atoms with Gasteiger partial charge in [-0.25, -0.2) is 0 Å². The molecule has 540 valence electrons. The van der Waals surface area contributed by atoms with Crippen molar-refractivity contribution in [1.29, 1.82) is 0 Å². The average Bonchev–Trinajstić information content (AvgIpc) is 1.28. The number of rotatable bonds is 16. The van der Waals surface area contributed by atoms with Crippen LogP contribution in [0.15, 0.2) is 0 Å². The standard InChI is InChI=1S/C63H102O31/c1-57(2)31-7-11-60(5)32(8-12-63-33-15-58(3,23-67)13-14-62(33,24-85-63)34(70)16-61(60,63)6)59(31,4)10-9-35(57)90-55-49(93-54-45(80)42(77)38(73)28(18-65)87-54)40(75)30(22-84-55)89-56-50(94-51-43(78)36(71)25(68)20-82-51)48(39(74)29(19-66)88-56)92-52-46(81)47(26(69)21-83-52)91-53-44(79)41(76)37(72)27(17-64)86-53/h23,25-56,64-66,68-81H,7-22,24H2,1-6H3/t25-,26+,27-,28-,29-,30+,31?,32?,33?,34-,35+,36+,37-,38-,39-,40+,41+,42+,43-,44-,45-,46-,47+,48+,49-,50-,51+,52+,53+,54+,55+,56+,58+,59+,60-,61+,62-,63+/m1/s1. The van der Waals surface area contributed by atoms with E-state index in [1.807, 2.05) is 6.92 Å². The van der Waals surface area contributed by atoms with Gasteiger partial charge in [0, 0.05) is 16.2 Å². The fraction of sp³-hybridized carbons (Fsp3) is 0.984. The maximum absolute atomic E-state index is 12.8. The molecule has 5 aliphatic carbocycles. The highest BCUT2D eigenvalue weighted by molar-refractivity contribution is 5.59. The summed E-state index contributed by atoms with van der Waals surface area (Å²) in [6.07, 6.45) is -42.3. The average molecular weight is 1360 g/mol. The third kappa shape index (κ3) is 11.5. The fourth-order valence-electron chi connectivity index (χ4n) is 20.1. The van der Waals surface area contributed by atoms with Crippen LogP contribution in [0.5, 0.6) is 0 Å². The van der Waals surface area contributed by atoms with Crippen LogP contribution in [0.25, 0.3) is 0 Å². The van der Waals surface area contributed by atoms with E-state index in [1.54, 1.807) is 0 Å². The van der Waals surface area contributed by atoms with Gasteiger partial charge in [0.05, 0.1) is 64.1 Å². The van der Waals surface area contributed by atoms with Crippen molar-refractivity contribution in [1.82, 2.24) is 0 Å². The molecule has 0 aromatic carbocycles. The number of carbonyl (C=O) groups is 1. The summed E-state index contributed by atoms with van der Waals surface area (Å²) in [6.45, 7) is 9.40. The summed E-state index contributed by atoms with van der Waals surface area (Å²) in [6, 6.07) is 0. The van der Waals surface area contributed by atoms with E-state index in [1.165, 1.54) is 0 Å². The Kier molecular flexibility index (Phi) is 20.5. The molecule has 2 bridgehead atoms. The van der Waals surface area contributed by atoms with Crippen molar-refractivity contribution < 1.29 is 153 Å². The Hall–Kier alpha value is -1.53. The second kappa shape index (κ2) is 26.7. The van der Waals surface area contributed by atoms with Gasteiger partial charge in [-0.15, -0.1) is 0 Å². The van der Waals surface area contributed by atoms with Crippen LogP contribution in [-0.2, 0) is 66.4 Å². The maximum Gasteiger partial charge on any atom is 0.187 e. The highest BCUT2D eigenvalue weighted by atomic mass is 16.8. The van der Waals surface area contributed by atoms with Gasteiger partial charge in [-0.3, -0.25) is 0 Å². The quantitative estimate of drug-likeness (QED) is 0.0506. The maximum atomic E-state index is 12.8. The predicted octanol–water partition coefficient (Wildman–Crippen LogP) is -5.61. The highest BCUT2D eigenvalue weighted by Gasteiger charge is 2.80. The predicted molar refractivity (Wildman–Crippen MR) is 310 cm³/mol. The van der Waals surface area contributed by atoms with Gasteiger partial charge in [0.25, 0.3) is 0 Å². The largest absolute Gasteiger partial charge is 0.394 e. The number of aldehydes is 1. The Morgan fingerprint density at radius 3 is 1.61 bits per heavy atom. The minimum atomic E-state index is -2.09. The second-order valence-electron chi connectivity index (χ2n) is 31.0. The number of aliphatic hydroxyl groups is 17. The summed E-state index contributed by atoms with van der Waals surface area (Å²) in [4.78, 5) is 12.7. The van der Waals surface area contributed by atoms with Gasteiger partial charge in [0.15, 0.2) is 37.7 Å². The van der Waals surface area contributed by atoms with Crippen molar-refractivity contribution in [2.75, 3.05) is 46.2 Å². The molecule has 12 fully saturated rings. The first-order chi connectivity index (χ1) is 44.3. The van der Waals surface area contributed by atoms with Crippen LogP contribution < -0.4 is 0 Å². The van der Waals surface area contributed by atoms with Gasteiger partial charge in [-0.2, -0.15) is 0 Å². The fourth-order valence-corrected chi connectivity index (χ4v) is 20.1. The van der Waals surface area contributed by atoms with Crippen LogP contribution in [0.1, 0.15) is 106 Å². The molecule has 31 heteroatoms. The van der Waals surface area contributed by atoms with Crippen molar-refractivity contribution >= 4 is 6.29 Å². The van der Waals surface area contributed by atoms with Crippen molar-refractivity contribution in [2.45, 2.75) is 289 Å². The van der Waals surface area contributed by atoms with Crippen LogP contribution in [-0.4, -0.2) is 323 Å². The van der Waals surface area contributed by atoms with Crippen LogP contribution >= 0.6 is 0 Å². The first-order valence-corrected chi connectivity index (χ1v) is 33.5. The molecule has 12 aliphatic rings. The first-order valence-electron chi connectivity index (χ1n) is 33.5. The van der Waals surface area contributed by atoms with Gasteiger partial charge in [-0.05, 0) is 98.2 Å². The van der Waals surface area contributed by atoms with Crippen molar-refractivity contribution in [3.8, 4) is 0 Å². The number of carbonyl (C=O) groups excluding carboxylic acids is 1. The SMILES string of the molecule is CC1(C)C2CC[C@]3(C)C(CC[C@]45OC[C@@]6(CC[C@](C)(C=O)CC64)[C@H](O)C[C@]53C)[C@@]2(C)CC[C@@H]1O[C@@H]1OC[C@H](O[C@@H]2O[C@H](CO)[C@@H](O)[C@H](O[C@@H]3OC[C@H](O)[C@H](O[C@@H]4O[C@H](CO)[C@@H](O)[C@H](O)[C@H]4O)[C@H]3O)[C@H]2O[C@@H]2OC[C@@H](O)[C@H](O)[C@H]2O)[C@H](O)[C@H]1O[C@@H]1O[C@H](CO)[C@@H](O)[C@H](O)[C@H]1O. The van der Waals surface area contributed by atoms with E-state index >= 15 is 0 Å². The lowest BCUT2D eigenvalue weighted by atomic mass is 9.30. The van der Waals surface area contributed by atoms with Crippen LogP contribution in [0.4, 0.5) is 0 Å². The van der Waals surface area contributed by atoms with Crippen LogP contribution in [0, 0.1) is 50.2 Å². The minimum Gasteiger partial charge on any atom is -0.394 e. The lowest BCUT2D eigenvalue weighted by molar-refractivity contribution is -0.404. The topological polar surface area (TPSA) is 481 Å². The number of ether oxygens (including phenoxy) is 13. The Labute approximate surface area is 543 Å². The summed E-state index contributed by atoms with van der Waals surface area (Å²) in [5.74, 6) is 0.254. The Morgan fingerprint density at radius 1 is 0.436 bits per heavy atom. The lowest BCUT2D eigenvalue weighted by Gasteiger charge is -2.75. The van der Waals surface area contributed by atoms with Crippen molar-refractivity contribution in [3.63, 3.8) is 0 Å². The van der Waals surface area contributed by atoms with E-state index in [2.05, 4.69) is 34.6 Å². The minimum absolute atomic E-state index is 0.0236. The normalized spacial score (nSPS) is 57.4. The molecule has 0 aromatic heterocycles. The Bertz CT molecular complexity index is 2610. The van der Waals surface area contributed by atoms with Crippen LogP contribution in [0.2, 0.25) is 0 Å². The Balaban J connectivity index is 0.810. The van der Waals surface area contributed by atoms with E-state index in [-0.39, 0.29) is 28.6 Å². The molecular formula is C63H102O31. The number of hydrogen-bond acceptors (Lipinski definition) is 31. The van der Waals surface area contributed by atoms with Crippen molar-refractivity contribution in [3.05, 3.63) is 0 Å². The number of hydrogen-bond donors (Lipinski definition) is 17. The van der Waals surface area contributed by atoms with E-state index < -0.39 is 245 Å². The first kappa shape index (κ1) is 72.3. The monoisotopic (exact) mass is 1350 g/mol. The van der Waals surface area contributed by atoms with E-state index in [0.717, 1.165) is 38.4 Å². The molecule has 3 unspecified atom stereocenters. The van der Waals surface area contributed by atoms with Gasteiger partial charge < -0.3 is 153 Å². The molecule has 5 saturated carbocycles. The molecule has 7 aliphatic heterocycles. The molecule has 0 aromatic rings. The van der Waals surface area contributed by atoms with Gasteiger partial charge >= 0.3 is 0 Å². The molecule has 0 amide bonds. The lowest BCUT2D eigenvalue weighted by Crippen LogP contribution is -2.74. The highest BCUT2D eigenvalue weighted by Crippen LogP contribution is 2.80. The molecular weight excluding hydrogens is 1250 g/mol. The van der Waals surface area contributed by atoms with E-state index in [9.17, 15) is 91.6 Å². The molecule has 0 radical (unpaired) electrons. The number of aliphatic hydroxyl groups excluding tert-OH is 17. The Morgan fingerprint density at radius 2 is 0.979 bits per heavy atom. The summed E-state index contributed by atoms with van der Waals surface area (Å²) in [5, 5.41) is 188. The van der Waals surface area contributed by atoms with Crippen molar-refractivity contribution in [2.24, 2.45) is 50.2 Å². The zero-order chi connectivity index (χ0) is 67.9. The van der Waals surface area contributed by atoms with Gasteiger partial charge in [0.2, 0.25) is 0 Å². The number of fused-ring (bicyclic) bond motifs is 4. The van der Waals surface area contributed by atoms with E-state index in [0.29, 0.717) is 38.7 Å². The second-order valence-corrected chi connectivity index (χ2v) is 31.0. The van der Waals surface area contributed by atoms with E-state index in [4.69, 9.17) is 61.6 Å². The summed E-state index contributed by atoms with van der Waals surface area (Å²) >= 11 is 0.